The number of anilines is 1. The number of allylic oxidation sites excluding steroid dienone is 1. The van der Waals surface area contributed by atoms with Crippen molar-refractivity contribution in [3.63, 3.8) is 0 Å². The summed E-state index contributed by atoms with van der Waals surface area (Å²) < 4.78 is 0. The third-order valence-electron chi connectivity index (χ3n) is 8.69. The zero-order chi connectivity index (χ0) is 32.0. The Morgan fingerprint density at radius 3 is 1.73 bits per heavy atom. The Labute approximate surface area is 286 Å². The van der Waals surface area contributed by atoms with E-state index in [0.29, 0.717) is 6.04 Å². The molecule has 2 aromatic heterocycles. The Bertz CT molecular complexity index is 1780. The van der Waals surface area contributed by atoms with Crippen LogP contribution in [0.3, 0.4) is 0 Å². The van der Waals surface area contributed by atoms with E-state index < -0.39 is 0 Å². The number of nitrogens with one attached hydrogen (secondary N) is 1. The van der Waals surface area contributed by atoms with E-state index in [1.807, 2.05) is 20.0 Å². The summed E-state index contributed by atoms with van der Waals surface area (Å²) >= 11 is 0. The number of aromatic nitrogens is 2. The van der Waals surface area contributed by atoms with Crippen molar-refractivity contribution in [1.82, 2.24) is 9.97 Å². The Hall–Kier alpha value is -3.38. The minimum atomic E-state index is 0. The van der Waals surface area contributed by atoms with Crippen LogP contribution in [0.15, 0.2) is 66.4 Å². The second-order valence-corrected chi connectivity index (χ2v) is 11.8. The third-order valence-corrected chi connectivity index (χ3v) is 8.69. The van der Waals surface area contributed by atoms with E-state index in [2.05, 4.69) is 146 Å². The minimum absolute atomic E-state index is 0. The topological polar surface area (TPSA) is 37.8 Å². The van der Waals surface area contributed by atoms with Crippen molar-refractivity contribution in [2.24, 2.45) is 0 Å². The van der Waals surface area contributed by atoms with Crippen LogP contribution in [0.2, 0.25) is 0 Å². The number of hydrogen-bond donors (Lipinski definition) is 1. The fraction of sp³-hybridized carbons (Fsp3) is 0.341. The fourth-order valence-electron chi connectivity index (χ4n) is 5.31. The number of nitrogens with zero attached hydrogens (tertiary/aromatic N) is 2. The molecule has 1 atom stereocenters. The molecule has 1 unspecified atom stereocenters. The van der Waals surface area contributed by atoms with E-state index in [-0.39, 0.29) is 26.3 Å². The molecule has 5 aromatic rings. The summed E-state index contributed by atoms with van der Waals surface area (Å²) in [6.07, 6.45) is 1.94. The minimum Gasteiger partial charge on any atom is -0.378 e. The van der Waals surface area contributed by atoms with Gasteiger partial charge in [0.25, 0.3) is 0 Å². The van der Waals surface area contributed by atoms with E-state index in [1.54, 1.807) is 0 Å². The quantitative estimate of drug-likeness (QED) is 0.144. The van der Waals surface area contributed by atoms with Gasteiger partial charge in [-0.2, -0.15) is 0 Å². The van der Waals surface area contributed by atoms with Gasteiger partial charge < -0.3 is 12.7 Å². The van der Waals surface area contributed by atoms with Gasteiger partial charge in [-0.3, -0.25) is 9.97 Å². The Morgan fingerprint density at radius 2 is 1.13 bits per heavy atom. The first-order chi connectivity index (χ1) is 20.4. The maximum Gasteiger partial charge on any atom is 1.00 e. The number of hydrogen-bond acceptors (Lipinski definition) is 3. The first-order valence-corrected chi connectivity index (χ1v) is 15.6. The van der Waals surface area contributed by atoms with Crippen molar-refractivity contribution >= 4 is 33.1 Å². The van der Waals surface area contributed by atoms with E-state index in [0.717, 1.165) is 16.7 Å². The normalized spacial score (nSPS) is 13.0. The van der Waals surface area contributed by atoms with E-state index >= 15 is 0 Å². The monoisotopic (exact) mass is 595 g/mol. The molecular formula is C41H54LiN3. The first kappa shape index (κ1) is 39.6. The van der Waals surface area contributed by atoms with Gasteiger partial charge in [0.1, 0.15) is 0 Å². The van der Waals surface area contributed by atoms with Gasteiger partial charge in [0, 0.05) is 40.0 Å². The molecule has 45 heavy (non-hydrogen) atoms. The molecule has 1 aliphatic rings. The van der Waals surface area contributed by atoms with Crippen LogP contribution >= 0.6 is 0 Å². The van der Waals surface area contributed by atoms with Gasteiger partial charge >= 0.3 is 18.9 Å². The number of pyridine rings is 2. The molecule has 0 saturated carbocycles. The molecule has 0 saturated heterocycles. The van der Waals surface area contributed by atoms with Gasteiger partial charge in [-0.15, -0.1) is 0 Å². The zero-order valence-corrected chi connectivity index (χ0v) is 30.7. The largest absolute Gasteiger partial charge is 1.00 e. The average Bonchev–Trinajstić information content (AvgIpc) is 2.98. The van der Waals surface area contributed by atoms with Crippen LogP contribution in [-0.4, -0.2) is 16.0 Å². The van der Waals surface area contributed by atoms with Crippen molar-refractivity contribution in [3.8, 4) is 0 Å². The van der Waals surface area contributed by atoms with Gasteiger partial charge in [0.2, 0.25) is 0 Å². The molecule has 4 heteroatoms. The van der Waals surface area contributed by atoms with Crippen LogP contribution in [0.1, 0.15) is 84.8 Å². The van der Waals surface area contributed by atoms with Crippen LogP contribution in [0.5, 0.6) is 0 Å². The van der Waals surface area contributed by atoms with Crippen LogP contribution in [0.4, 0.5) is 5.69 Å². The van der Waals surface area contributed by atoms with Gasteiger partial charge in [-0.1, -0.05) is 50.2 Å². The van der Waals surface area contributed by atoms with Gasteiger partial charge in [-0.05, 0) is 144 Å². The molecular weight excluding hydrogens is 541 g/mol. The van der Waals surface area contributed by atoms with Crippen molar-refractivity contribution in [3.05, 3.63) is 124 Å². The van der Waals surface area contributed by atoms with Crippen LogP contribution in [-0.2, 0) is 0 Å². The summed E-state index contributed by atoms with van der Waals surface area (Å²) in [6, 6.07) is 19.9. The van der Waals surface area contributed by atoms with Crippen LogP contribution in [0.25, 0.3) is 27.4 Å². The SMILES string of the molecule is CC.CC1=C(C)C(C)Nc2cc(C)ccc21.Cc1ccc2c(C)c(C)c(C)nc2c1.Cc1ccc2c(C)c(C)cnc2c1.[CH3-].[Li+]. The van der Waals surface area contributed by atoms with Gasteiger partial charge in [-0.25, -0.2) is 0 Å². The maximum absolute atomic E-state index is 4.60. The molecule has 3 heterocycles. The van der Waals surface area contributed by atoms with E-state index in [1.165, 1.54) is 72.1 Å². The number of benzene rings is 3. The van der Waals surface area contributed by atoms with Crippen LogP contribution in [0, 0.1) is 62.8 Å². The van der Waals surface area contributed by atoms with Crippen molar-refractivity contribution in [2.75, 3.05) is 5.32 Å². The summed E-state index contributed by atoms with van der Waals surface area (Å²) in [5.41, 5.74) is 18.0. The number of fused-ring (bicyclic) bond motifs is 3. The molecule has 3 aromatic carbocycles. The molecule has 0 aliphatic carbocycles. The fourth-order valence-corrected chi connectivity index (χ4v) is 5.31. The molecule has 0 amide bonds. The predicted molar refractivity (Wildman–Crippen MR) is 197 cm³/mol. The molecule has 1 aliphatic heterocycles. The van der Waals surface area contributed by atoms with Gasteiger partial charge in [0.05, 0.1) is 11.0 Å². The Kier molecular flexibility index (Phi) is 15.3. The predicted octanol–water partition coefficient (Wildman–Crippen LogP) is 8.71. The van der Waals surface area contributed by atoms with E-state index in [4.69, 9.17) is 0 Å². The first-order valence-electron chi connectivity index (χ1n) is 15.6. The van der Waals surface area contributed by atoms with Crippen LogP contribution < -0.4 is 24.2 Å². The van der Waals surface area contributed by atoms with Crippen molar-refractivity contribution < 1.29 is 18.9 Å². The zero-order valence-electron chi connectivity index (χ0n) is 30.7. The second kappa shape index (κ2) is 17.3. The summed E-state index contributed by atoms with van der Waals surface area (Å²) in [6.45, 7) is 27.6. The second-order valence-electron chi connectivity index (χ2n) is 11.8. The third kappa shape index (κ3) is 9.32. The molecule has 6 rings (SSSR count). The Morgan fingerprint density at radius 1 is 0.622 bits per heavy atom. The summed E-state index contributed by atoms with van der Waals surface area (Å²) in [5, 5.41) is 6.07. The standard InChI is InChI=1S/C13H17N.C13H15N.C12H13N.C2H6.CH3.Li/c2*1-8-5-6-12-10(3)9(2)11(4)14-13(12)7-8;1-8-4-5-11-10(3)9(2)7-13-12(11)6-8;1-2;;/h5-7,11,14H,1-4H3;5-7H,1-4H3;4-7H,1-3H3;1-2H3;1H3;/q;;;;-1;+1. The molecule has 1 N–H and O–H groups in total. The van der Waals surface area contributed by atoms with E-state index in [9.17, 15) is 0 Å². The molecule has 0 radical (unpaired) electrons. The van der Waals surface area contributed by atoms with Crippen molar-refractivity contribution in [2.45, 2.75) is 96.1 Å². The smallest absolute Gasteiger partial charge is 0.378 e. The maximum atomic E-state index is 4.60. The summed E-state index contributed by atoms with van der Waals surface area (Å²) in [4.78, 5) is 9.00. The molecule has 0 fully saturated rings. The van der Waals surface area contributed by atoms with Crippen molar-refractivity contribution in [1.29, 1.82) is 0 Å². The van der Waals surface area contributed by atoms with Gasteiger partial charge in [0.15, 0.2) is 0 Å². The summed E-state index contributed by atoms with van der Waals surface area (Å²) in [7, 11) is 0. The Balaban J connectivity index is 0.000000321. The molecule has 0 spiro atoms. The average molecular weight is 596 g/mol. The molecule has 0 bridgehead atoms. The molecule has 3 nitrogen and oxygen atoms in total. The number of aryl methyl sites for hydroxylation is 7. The number of rotatable bonds is 0. The molecule has 234 valence electrons. The summed E-state index contributed by atoms with van der Waals surface area (Å²) in [5.74, 6) is 0.